The minimum absolute atomic E-state index is 0.0802. The second kappa shape index (κ2) is 10.2. The van der Waals surface area contributed by atoms with Crippen LogP contribution in [0.5, 0.6) is 0 Å². The number of hydrogen-bond acceptors (Lipinski definition) is 5. The highest BCUT2D eigenvalue weighted by Gasteiger charge is 2.32. The third-order valence-electron chi connectivity index (χ3n) is 6.75. The minimum atomic E-state index is -3.29. The van der Waals surface area contributed by atoms with Crippen molar-refractivity contribution < 1.29 is 8.42 Å². The summed E-state index contributed by atoms with van der Waals surface area (Å²) < 4.78 is 27.2. The van der Waals surface area contributed by atoms with E-state index >= 15 is 0 Å². The Hall–Kier alpha value is -2.94. The molecule has 36 heavy (non-hydrogen) atoms. The molecule has 1 fully saturated rings. The number of anilines is 1. The fourth-order valence-corrected chi connectivity index (χ4v) is 6.29. The van der Waals surface area contributed by atoms with Crippen LogP contribution < -0.4 is 5.32 Å². The Balaban J connectivity index is 1.44. The summed E-state index contributed by atoms with van der Waals surface area (Å²) in [7, 11) is -3.29. The number of aromatic amines is 1. The molecule has 0 saturated carbocycles. The Morgan fingerprint density at radius 1 is 1.17 bits per heavy atom. The monoisotopic (exact) mass is 523 g/mol. The molecule has 0 amide bonds. The summed E-state index contributed by atoms with van der Waals surface area (Å²) in [5, 5.41) is 4.43. The van der Waals surface area contributed by atoms with Gasteiger partial charge in [0.25, 0.3) is 0 Å². The SMILES string of the molecule is CC(C)S(=O)(=O)N1CCCC(c2cc3c(-c4nc(NCc5ccccc5)ccc4Cl)ccnc3[nH]2)C1. The molecule has 1 saturated heterocycles. The molecule has 1 aliphatic rings. The zero-order valence-corrected chi connectivity index (χ0v) is 22.0. The average molecular weight is 524 g/mol. The largest absolute Gasteiger partial charge is 0.366 e. The Labute approximate surface area is 217 Å². The molecule has 4 aromatic rings. The van der Waals surface area contributed by atoms with Crippen molar-refractivity contribution in [1.29, 1.82) is 0 Å². The Morgan fingerprint density at radius 3 is 2.75 bits per heavy atom. The van der Waals surface area contributed by atoms with Crippen LogP contribution in [0.1, 0.15) is 43.9 Å². The van der Waals surface area contributed by atoms with Crippen LogP contribution in [0.4, 0.5) is 5.82 Å². The lowest BCUT2D eigenvalue weighted by Gasteiger charge is -2.32. The smallest absolute Gasteiger partial charge is 0.216 e. The second-order valence-electron chi connectivity index (χ2n) is 9.50. The van der Waals surface area contributed by atoms with Gasteiger partial charge in [0.15, 0.2) is 0 Å². The Kier molecular flexibility index (Phi) is 7.01. The summed E-state index contributed by atoms with van der Waals surface area (Å²) in [6, 6.07) is 17.9. The second-order valence-corrected chi connectivity index (χ2v) is 12.4. The van der Waals surface area contributed by atoms with E-state index in [4.69, 9.17) is 16.6 Å². The third kappa shape index (κ3) is 4.98. The molecule has 0 bridgehead atoms. The number of halogens is 1. The molecule has 5 rings (SSSR count). The van der Waals surface area contributed by atoms with Gasteiger partial charge in [-0.1, -0.05) is 41.9 Å². The van der Waals surface area contributed by atoms with Gasteiger partial charge in [0.05, 0.1) is 16.0 Å². The van der Waals surface area contributed by atoms with Gasteiger partial charge >= 0.3 is 0 Å². The van der Waals surface area contributed by atoms with Gasteiger partial charge < -0.3 is 10.3 Å². The van der Waals surface area contributed by atoms with Crippen molar-refractivity contribution in [3.05, 3.63) is 77.1 Å². The van der Waals surface area contributed by atoms with E-state index in [-0.39, 0.29) is 5.92 Å². The lowest BCUT2D eigenvalue weighted by atomic mass is 9.96. The number of nitrogens with one attached hydrogen (secondary N) is 2. The van der Waals surface area contributed by atoms with Crippen LogP contribution in [-0.2, 0) is 16.6 Å². The molecule has 0 aliphatic carbocycles. The van der Waals surface area contributed by atoms with Crippen LogP contribution in [0.25, 0.3) is 22.3 Å². The van der Waals surface area contributed by atoms with E-state index in [0.29, 0.717) is 30.4 Å². The van der Waals surface area contributed by atoms with Crippen LogP contribution in [0, 0.1) is 0 Å². The van der Waals surface area contributed by atoms with Gasteiger partial charge in [0.1, 0.15) is 11.5 Å². The van der Waals surface area contributed by atoms with Crippen molar-refractivity contribution in [2.45, 2.75) is 44.4 Å². The molecular weight excluding hydrogens is 494 g/mol. The van der Waals surface area contributed by atoms with Crippen molar-refractivity contribution in [3.63, 3.8) is 0 Å². The average Bonchev–Trinajstić information content (AvgIpc) is 3.34. The highest BCUT2D eigenvalue weighted by Crippen LogP contribution is 2.36. The predicted octanol–water partition coefficient (Wildman–Crippen LogP) is 5.81. The number of hydrogen-bond donors (Lipinski definition) is 2. The van der Waals surface area contributed by atoms with Crippen LogP contribution in [0.15, 0.2) is 60.8 Å². The van der Waals surface area contributed by atoms with E-state index in [1.54, 1.807) is 24.3 Å². The van der Waals surface area contributed by atoms with E-state index in [1.807, 2.05) is 36.4 Å². The molecule has 0 spiro atoms. The predicted molar refractivity (Wildman–Crippen MR) is 146 cm³/mol. The lowest BCUT2D eigenvalue weighted by molar-refractivity contribution is 0.311. The Bertz CT molecular complexity index is 1470. The number of benzene rings is 1. The molecule has 3 aromatic heterocycles. The first-order valence-electron chi connectivity index (χ1n) is 12.2. The quantitative estimate of drug-likeness (QED) is 0.319. The third-order valence-corrected chi connectivity index (χ3v) is 9.30. The highest BCUT2D eigenvalue weighted by molar-refractivity contribution is 7.89. The zero-order chi connectivity index (χ0) is 25.3. The summed E-state index contributed by atoms with van der Waals surface area (Å²) in [6.07, 6.45) is 3.50. The van der Waals surface area contributed by atoms with Crippen molar-refractivity contribution in [3.8, 4) is 11.3 Å². The van der Waals surface area contributed by atoms with E-state index in [9.17, 15) is 8.42 Å². The van der Waals surface area contributed by atoms with Gasteiger partial charge in [0.2, 0.25) is 10.0 Å². The van der Waals surface area contributed by atoms with Crippen LogP contribution in [0.2, 0.25) is 5.02 Å². The van der Waals surface area contributed by atoms with Crippen LogP contribution >= 0.6 is 11.6 Å². The first kappa shape index (κ1) is 24.7. The number of pyridine rings is 2. The van der Waals surface area contributed by atoms with Crippen LogP contribution in [0.3, 0.4) is 0 Å². The topological polar surface area (TPSA) is 91.0 Å². The zero-order valence-electron chi connectivity index (χ0n) is 20.4. The molecule has 1 aromatic carbocycles. The summed E-state index contributed by atoms with van der Waals surface area (Å²) in [6.45, 7) is 5.17. The molecule has 1 atom stereocenters. The number of sulfonamides is 1. The van der Waals surface area contributed by atoms with Crippen molar-refractivity contribution in [2.24, 2.45) is 0 Å². The standard InChI is InChI=1S/C27H30ClN5O2S/c1-18(2)36(34,35)33-14-6-9-20(17-33)24-15-22-21(12-13-29-27(22)31-24)26-23(28)10-11-25(32-26)30-16-19-7-4-3-5-8-19/h3-5,7-8,10-13,15,18,20H,6,9,14,16-17H2,1-2H3,(H,29,31)(H,30,32). The fourth-order valence-electron chi connectivity index (χ4n) is 4.72. The van der Waals surface area contributed by atoms with E-state index in [0.717, 1.165) is 41.0 Å². The van der Waals surface area contributed by atoms with Crippen LogP contribution in [-0.4, -0.2) is 46.0 Å². The molecule has 9 heteroatoms. The molecular formula is C27H30ClN5O2S. The van der Waals surface area contributed by atoms with Gasteiger partial charge in [-0.05, 0) is 56.5 Å². The summed E-state index contributed by atoms with van der Waals surface area (Å²) in [4.78, 5) is 12.8. The Morgan fingerprint density at radius 2 is 1.97 bits per heavy atom. The van der Waals surface area contributed by atoms with E-state index in [1.165, 1.54) is 5.56 Å². The summed E-state index contributed by atoms with van der Waals surface area (Å²) in [5.74, 6) is 0.817. The van der Waals surface area contributed by atoms with E-state index < -0.39 is 15.3 Å². The number of rotatable bonds is 7. The highest BCUT2D eigenvalue weighted by atomic mass is 35.5. The van der Waals surface area contributed by atoms with Crippen molar-refractivity contribution in [2.75, 3.05) is 18.4 Å². The van der Waals surface area contributed by atoms with Crippen molar-refractivity contribution in [1.82, 2.24) is 19.3 Å². The fraction of sp³-hybridized carbons (Fsp3) is 0.333. The van der Waals surface area contributed by atoms with Crippen molar-refractivity contribution >= 4 is 38.5 Å². The van der Waals surface area contributed by atoms with Gasteiger partial charge in [-0.3, -0.25) is 0 Å². The van der Waals surface area contributed by atoms with E-state index in [2.05, 4.69) is 33.5 Å². The van der Waals surface area contributed by atoms with Gasteiger partial charge in [-0.2, -0.15) is 0 Å². The molecule has 188 valence electrons. The summed E-state index contributed by atoms with van der Waals surface area (Å²) >= 11 is 6.61. The first-order chi connectivity index (χ1) is 17.3. The molecule has 1 aliphatic heterocycles. The molecule has 4 heterocycles. The van der Waals surface area contributed by atoms with Gasteiger partial charge in [0, 0.05) is 48.4 Å². The van der Waals surface area contributed by atoms with Gasteiger partial charge in [-0.15, -0.1) is 0 Å². The van der Waals surface area contributed by atoms with Gasteiger partial charge in [-0.25, -0.2) is 22.7 Å². The number of fused-ring (bicyclic) bond motifs is 1. The number of aromatic nitrogens is 3. The number of nitrogens with zero attached hydrogens (tertiary/aromatic N) is 3. The molecule has 2 N–H and O–H groups in total. The molecule has 0 radical (unpaired) electrons. The maximum Gasteiger partial charge on any atom is 0.216 e. The molecule has 1 unspecified atom stereocenters. The maximum absolute atomic E-state index is 12.8. The summed E-state index contributed by atoms with van der Waals surface area (Å²) in [5.41, 5.74) is 4.46. The first-order valence-corrected chi connectivity index (χ1v) is 14.1. The number of piperidine rings is 1. The number of H-pyrrole nitrogens is 1. The molecule has 7 nitrogen and oxygen atoms in total. The minimum Gasteiger partial charge on any atom is -0.366 e. The lowest BCUT2D eigenvalue weighted by Crippen LogP contribution is -2.42. The maximum atomic E-state index is 12.8. The normalized spacial score (nSPS) is 17.1.